The summed E-state index contributed by atoms with van der Waals surface area (Å²) in [6, 6.07) is 5.38. The van der Waals surface area contributed by atoms with E-state index in [1.165, 1.54) is 12.8 Å². The molecule has 2 aliphatic heterocycles. The summed E-state index contributed by atoms with van der Waals surface area (Å²) in [5.74, 6) is 3.62. The Balaban J connectivity index is 1.19. The van der Waals surface area contributed by atoms with Gasteiger partial charge in [0.2, 0.25) is 11.8 Å². The van der Waals surface area contributed by atoms with Crippen LogP contribution in [0, 0.1) is 5.92 Å². The summed E-state index contributed by atoms with van der Waals surface area (Å²) >= 11 is 0. The van der Waals surface area contributed by atoms with Crippen molar-refractivity contribution in [1.82, 2.24) is 20.1 Å². The predicted octanol–water partition coefficient (Wildman–Crippen LogP) is 2.46. The number of H-pyrrole nitrogens is 1. The Labute approximate surface area is 187 Å². The van der Waals surface area contributed by atoms with Gasteiger partial charge in [-0.1, -0.05) is 0 Å². The van der Waals surface area contributed by atoms with Crippen molar-refractivity contribution >= 4 is 17.5 Å². The van der Waals surface area contributed by atoms with Gasteiger partial charge in [0, 0.05) is 49.6 Å². The fourth-order valence-corrected chi connectivity index (χ4v) is 4.74. The van der Waals surface area contributed by atoms with Crippen molar-refractivity contribution in [1.29, 1.82) is 0 Å². The molecule has 1 atom stereocenters. The first-order valence-electron chi connectivity index (χ1n) is 11.3. The average Bonchev–Trinajstić information content (AvgIpc) is 3.43. The molecule has 0 spiro atoms. The van der Waals surface area contributed by atoms with Crippen molar-refractivity contribution in [3.05, 3.63) is 29.8 Å². The number of methoxy groups -OCH3 is 2. The molecule has 0 bridgehead atoms. The highest BCUT2D eigenvalue weighted by molar-refractivity contribution is 6.00. The number of benzene rings is 1. The van der Waals surface area contributed by atoms with Crippen LogP contribution in [-0.2, 0) is 9.59 Å². The van der Waals surface area contributed by atoms with Crippen LogP contribution in [0.1, 0.15) is 55.6 Å². The SMILES string of the molecule is COc1ccc(N2CC(C(=O)N3CCC(c4nc(C5CC5)n[nH]4)CC3)CC2=O)cc1OC. The molecule has 1 aromatic carbocycles. The first kappa shape index (κ1) is 20.8. The maximum atomic E-state index is 13.2. The molecule has 9 heteroatoms. The van der Waals surface area contributed by atoms with E-state index in [-0.39, 0.29) is 24.2 Å². The highest BCUT2D eigenvalue weighted by Crippen LogP contribution is 2.39. The molecule has 1 unspecified atom stereocenters. The van der Waals surface area contributed by atoms with E-state index >= 15 is 0 Å². The van der Waals surface area contributed by atoms with Gasteiger partial charge in [-0.15, -0.1) is 0 Å². The number of anilines is 1. The zero-order valence-electron chi connectivity index (χ0n) is 18.5. The second kappa shape index (κ2) is 8.44. The number of rotatable bonds is 6. The van der Waals surface area contributed by atoms with E-state index in [0.29, 0.717) is 43.0 Å². The van der Waals surface area contributed by atoms with Crippen molar-refractivity contribution in [3.63, 3.8) is 0 Å². The average molecular weight is 440 g/mol. The third-order valence-corrected chi connectivity index (χ3v) is 6.81. The Morgan fingerprint density at radius 1 is 1.06 bits per heavy atom. The summed E-state index contributed by atoms with van der Waals surface area (Å²) in [5, 5.41) is 7.47. The van der Waals surface area contributed by atoms with Crippen molar-refractivity contribution in [2.75, 3.05) is 38.8 Å². The number of nitrogens with one attached hydrogen (secondary N) is 1. The summed E-state index contributed by atoms with van der Waals surface area (Å²) in [5.41, 5.74) is 0.721. The molecule has 5 rings (SSSR count). The normalized spacial score (nSPS) is 21.8. The van der Waals surface area contributed by atoms with Crippen molar-refractivity contribution in [2.24, 2.45) is 5.92 Å². The summed E-state index contributed by atoms with van der Waals surface area (Å²) in [6.07, 6.45) is 4.34. The highest BCUT2D eigenvalue weighted by Gasteiger charge is 2.39. The van der Waals surface area contributed by atoms with E-state index in [9.17, 15) is 9.59 Å². The smallest absolute Gasteiger partial charge is 0.228 e. The van der Waals surface area contributed by atoms with Crippen molar-refractivity contribution < 1.29 is 19.1 Å². The predicted molar refractivity (Wildman–Crippen MR) is 117 cm³/mol. The zero-order valence-corrected chi connectivity index (χ0v) is 18.5. The summed E-state index contributed by atoms with van der Waals surface area (Å²) in [6.45, 7) is 1.76. The molecular weight excluding hydrogens is 410 g/mol. The lowest BCUT2D eigenvalue weighted by Gasteiger charge is -2.32. The van der Waals surface area contributed by atoms with E-state index in [2.05, 4.69) is 15.2 Å². The lowest BCUT2D eigenvalue weighted by molar-refractivity contribution is -0.136. The van der Waals surface area contributed by atoms with Crippen molar-refractivity contribution in [2.45, 2.75) is 43.9 Å². The molecule has 1 saturated carbocycles. The van der Waals surface area contributed by atoms with E-state index in [1.807, 2.05) is 11.0 Å². The molecule has 0 radical (unpaired) electrons. The highest BCUT2D eigenvalue weighted by atomic mass is 16.5. The van der Waals surface area contributed by atoms with Gasteiger partial charge in [0.25, 0.3) is 0 Å². The number of ether oxygens (including phenoxy) is 2. The van der Waals surface area contributed by atoms with Crippen LogP contribution in [-0.4, -0.2) is 65.7 Å². The number of carbonyl (C=O) groups is 2. The minimum atomic E-state index is -0.320. The van der Waals surface area contributed by atoms with Crippen LogP contribution in [0.15, 0.2) is 18.2 Å². The molecule has 170 valence electrons. The van der Waals surface area contributed by atoms with Crippen LogP contribution in [0.2, 0.25) is 0 Å². The lowest BCUT2D eigenvalue weighted by Crippen LogP contribution is -2.42. The van der Waals surface area contributed by atoms with E-state index < -0.39 is 0 Å². The first-order valence-corrected chi connectivity index (χ1v) is 11.3. The monoisotopic (exact) mass is 439 g/mol. The van der Waals surface area contributed by atoms with E-state index in [1.54, 1.807) is 31.3 Å². The Hall–Kier alpha value is -3.10. The van der Waals surface area contributed by atoms with Crippen LogP contribution < -0.4 is 14.4 Å². The lowest BCUT2D eigenvalue weighted by atomic mass is 9.95. The Morgan fingerprint density at radius 2 is 1.81 bits per heavy atom. The zero-order chi connectivity index (χ0) is 22.2. The molecule has 9 nitrogen and oxygen atoms in total. The molecular formula is C23H29N5O4. The molecule has 3 heterocycles. The minimum absolute atomic E-state index is 0.0419. The number of likely N-dealkylation sites (tertiary alicyclic amines) is 1. The molecule has 1 aromatic heterocycles. The second-order valence-corrected chi connectivity index (χ2v) is 8.90. The standard InChI is InChI=1S/C23H29N5O4/c1-31-18-6-5-17(12-19(18)32-2)28-13-16(11-20(28)29)23(30)27-9-7-15(8-10-27)22-24-21(25-26-22)14-3-4-14/h5-6,12,14-16H,3-4,7-11,13H2,1-2H3,(H,24,25,26). The van der Waals surface area contributed by atoms with Crippen molar-refractivity contribution in [3.8, 4) is 11.5 Å². The third-order valence-electron chi connectivity index (χ3n) is 6.81. The maximum absolute atomic E-state index is 13.2. The molecule has 2 amide bonds. The van der Waals surface area contributed by atoms with Crippen LogP contribution in [0.25, 0.3) is 0 Å². The number of aromatic nitrogens is 3. The molecule has 3 aliphatic rings. The maximum Gasteiger partial charge on any atom is 0.228 e. The third kappa shape index (κ3) is 3.91. The first-order chi connectivity index (χ1) is 15.6. The molecule has 3 fully saturated rings. The molecule has 2 aromatic rings. The van der Waals surface area contributed by atoms with Crippen LogP contribution in [0.5, 0.6) is 11.5 Å². The van der Waals surface area contributed by atoms with Crippen LogP contribution in [0.4, 0.5) is 5.69 Å². The fraction of sp³-hybridized carbons (Fsp3) is 0.565. The summed E-state index contributed by atoms with van der Waals surface area (Å²) < 4.78 is 10.6. The fourth-order valence-electron chi connectivity index (χ4n) is 4.74. The molecule has 2 saturated heterocycles. The van der Waals surface area contributed by atoms with Crippen LogP contribution in [0.3, 0.4) is 0 Å². The van der Waals surface area contributed by atoms with Gasteiger partial charge in [-0.25, -0.2) is 4.98 Å². The summed E-state index contributed by atoms with van der Waals surface area (Å²) in [4.78, 5) is 34.1. The van der Waals surface area contributed by atoms with Gasteiger partial charge in [-0.3, -0.25) is 14.7 Å². The van der Waals surface area contributed by atoms with Gasteiger partial charge < -0.3 is 19.3 Å². The van der Waals surface area contributed by atoms with Gasteiger partial charge in [-0.05, 0) is 37.8 Å². The number of hydrogen-bond acceptors (Lipinski definition) is 6. The van der Waals surface area contributed by atoms with Gasteiger partial charge in [0.15, 0.2) is 17.3 Å². The Bertz CT molecular complexity index is 1010. The van der Waals surface area contributed by atoms with Gasteiger partial charge >= 0.3 is 0 Å². The number of amides is 2. The minimum Gasteiger partial charge on any atom is -0.493 e. The van der Waals surface area contributed by atoms with Gasteiger partial charge in [-0.2, -0.15) is 5.10 Å². The quantitative estimate of drug-likeness (QED) is 0.742. The van der Waals surface area contributed by atoms with Crippen LogP contribution >= 0.6 is 0 Å². The number of piperidine rings is 1. The van der Waals surface area contributed by atoms with E-state index in [0.717, 1.165) is 30.2 Å². The molecule has 32 heavy (non-hydrogen) atoms. The van der Waals surface area contributed by atoms with Gasteiger partial charge in [0.1, 0.15) is 5.82 Å². The summed E-state index contributed by atoms with van der Waals surface area (Å²) in [7, 11) is 3.14. The number of hydrogen-bond donors (Lipinski definition) is 1. The van der Waals surface area contributed by atoms with E-state index in [4.69, 9.17) is 9.47 Å². The largest absolute Gasteiger partial charge is 0.493 e. The number of aromatic amines is 1. The second-order valence-electron chi connectivity index (χ2n) is 8.90. The Morgan fingerprint density at radius 3 is 2.50 bits per heavy atom. The van der Waals surface area contributed by atoms with Gasteiger partial charge in [0.05, 0.1) is 20.1 Å². The number of carbonyl (C=O) groups excluding carboxylic acids is 2. The topological polar surface area (TPSA) is 101 Å². The Kier molecular flexibility index (Phi) is 5.48. The molecule has 1 N–H and O–H groups in total. The molecule has 1 aliphatic carbocycles. The number of nitrogens with zero attached hydrogens (tertiary/aromatic N) is 4.